The third-order valence-corrected chi connectivity index (χ3v) is 4.45. The van der Waals surface area contributed by atoms with Crippen molar-refractivity contribution < 1.29 is 0 Å². The molecular formula is C16H17N3S. The summed E-state index contributed by atoms with van der Waals surface area (Å²) >= 11 is 1.75. The lowest BCUT2D eigenvalue weighted by Gasteiger charge is -2.14. The predicted molar refractivity (Wildman–Crippen MR) is 85.3 cm³/mol. The van der Waals surface area contributed by atoms with Crippen LogP contribution in [0.2, 0.25) is 0 Å². The first kappa shape index (κ1) is 13.1. The third kappa shape index (κ3) is 2.65. The average Bonchev–Trinajstić information content (AvgIpc) is 2.91. The van der Waals surface area contributed by atoms with Crippen LogP contribution in [0.4, 0.5) is 5.13 Å². The number of fused-ring (bicyclic) bond motifs is 1. The molecule has 0 fully saturated rings. The number of hydrogen-bond donors (Lipinski definition) is 0. The number of aryl methyl sites for hydroxylation is 1. The highest BCUT2D eigenvalue weighted by atomic mass is 32.1. The van der Waals surface area contributed by atoms with Gasteiger partial charge in [-0.2, -0.15) is 0 Å². The van der Waals surface area contributed by atoms with Crippen LogP contribution in [-0.2, 0) is 13.0 Å². The lowest BCUT2D eigenvalue weighted by atomic mass is 10.2. The molecule has 102 valence electrons. The molecule has 0 bridgehead atoms. The molecule has 0 saturated heterocycles. The molecule has 2 heterocycles. The molecule has 3 nitrogen and oxygen atoms in total. The molecule has 3 aromatic rings. The van der Waals surface area contributed by atoms with Gasteiger partial charge >= 0.3 is 0 Å². The molecule has 0 atom stereocenters. The average molecular weight is 283 g/mol. The second-order valence-electron chi connectivity index (χ2n) is 4.87. The Morgan fingerprint density at radius 1 is 1.20 bits per heavy atom. The number of hydrogen-bond acceptors (Lipinski definition) is 4. The molecule has 0 spiro atoms. The minimum Gasteiger partial charge on any atom is -0.347 e. The molecule has 4 heteroatoms. The maximum atomic E-state index is 4.71. The molecule has 0 saturated carbocycles. The molecule has 3 rings (SSSR count). The number of benzene rings is 1. The third-order valence-electron chi connectivity index (χ3n) is 3.32. The number of anilines is 1. The first-order valence-electron chi connectivity index (χ1n) is 6.76. The Balaban J connectivity index is 1.86. The molecule has 0 aliphatic rings. The van der Waals surface area contributed by atoms with E-state index in [0.29, 0.717) is 0 Å². The van der Waals surface area contributed by atoms with Crippen molar-refractivity contribution >= 4 is 26.7 Å². The van der Waals surface area contributed by atoms with Crippen molar-refractivity contribution in [1.29, 1.82) is 0 Å². The maximum Gasteiger partial charge on any atom is 0.186 e. The topological polar surface area (TPSA) is 29.0 Å². The number of nitrogens with zero attached hydrogens (tertiary/aromatic N) is 3. The summed E-state index contributed by atoms with van der Waals surface area (Å²) < 4.78 is 1.26. The van der Waals surface area contributed by atoms with Crippen molar-refractivity contribution in [3.05, 3.63) is 53.9 Å². The highest BCUT2D eigenvalue weighted by Crippen LogP contribution is 2.29. The van der Waals surface area contributed by atoms with Gasteiger partial charge in [-0.1, -0.05) is 30.4 Å². The molecule has 0 aliphatic carbocycles. The van der Waals surface area contributed by atoms with Crippen LogP contribution in [-0.4, -0.2) is 17.0 Å². The Kier molecular flexibility index (Phi) is 3.65. The van der Waals surface area contributed by atoms with Gasteiger partial charge in [0.25, 0.3) is 0 Å². The van der Waals surface area contributed by atoms with Gasteiger partial charge in [0.15, 0.2) is 5.13 Å². The molecular weight excluding hydrogens is 266 g/mol. The maximum absolute atomic E-state index is 4.71. The second-order valence-corrected chi connectivity index (χ2v) is 5.88. The van der Waals surface area contributed by atoms with Gasteiger partial charge in [0, 0.05) is 26.0 Å². The van der Waals surface area contributed by atoms with E-state index < -0.39 is 0 Å². The Morgan fingerprint density at radius 3 is 2.85 bits per heavy atom. The van der Waals surface area contributed by atoms with Gasteiger partial charge in [-0.05, 0) is 35.7 Å². The fourth-order valence-corrected chi connectivity index (χ4v) is 3.16. The molecule has 0 amide bonds. The zero-order chi connectivity index (χ0) is 13.9. The molecule has 0 aliphatic heterocycles. The van der Waals surface area contributed by atoms with Gasteiger partial charge < -0.3 is 4.90 Å². The SMILES string of the molecule is CCc1ccc2nc(N(C)Cc3cccnc3)sc2c1. The minimum atomic E-state index is 0.828. The van der Waals surface area contributed by atoms with Crippen LogP contribution in [0, 0.1) is 0 Å². The van der Waals surface area contributed by atoms with Gasteiger partial charge in [-0.15, -0.1) is 0 Å². The number of rotatable bonds is 4. The van der Waals surface area contributed by atoms with Gasteiger partial charge in [-0.3, -0.25) is 4.98 Å². The number of pyridine rings is 1. The summed E-state index contributed by atoms with van der Waals surface area (Å²) in [5.41, 5.74) is 3.64. The minimum absolute atomic E-state index is 0.828. The second kappa shape index (κ2) is 5.59. The Morgan fingerprint density at radius 2 is 2.10 bits per heavy atom. The standard InChI is InChI=1S/C16H17N3S/c1-3-12-6-7-14-15(9-12)20-16(18-14)19(2)11-13-5-4-8-17-10-13/h4-10H,3,11H2,1-2H3. The highest BCUT2D eigenvalue weighted by Gasteiger charge is 2.09. The summed E-state index contributed by atoms with van der Waals surface area (Å²) in [5, 5.41) is 1.05. The van der Waals surface area contributed by atoms with Crippen molar-refractivity contribution in [2.45, 2.75) is 19.9 Å². The molecule has 0 radical (unpaired) electrons. The van der Waals surface area contributed by atoms with Gasteiger partial charge in [0.05, 0.1) is 10.2 Å². The van der Waals surface area contributed by atoms with E-state index in [-0.39, 0.29) is 0 Å². The fourth-order valence-electron chi connectivity index (χ4n) is 2.17. The molecule has 1 aromatic carbocycles. The van der Waals surface area contributed by atoms with Gasteiger partial charge in [-0.25, -0.2) is 4.98 Å². The van der Waals surface area contributed by atoms with E-state index in [2.05, 4.69) is 48.1 Å². The normalized spacial score (nSPS) is 10.9. The van der Waals surface area contributed by atoms with E-state index in [4.69, 9.17) is 4.98 Å². The summed E-state index contributed by atoms with van der Waals surface area (Å²) in [6.07, 6.45) is 4.77. The quantitative estimate of drug-likeness (QED) is 0.727. The van der Waals surface area contributed by atoms with Crippen LogP contribution in [0.15, 0.2) is 42.7 Å². The van der Waals surface area contributed by atoms with E-state index in [1.165, 1.54) is 15.8 Å². The Labute approximate surface area is 122 Å². The van der Waals surface area contributed by atoms with Gasteiger partial charge in [0.2, 0.25) is 0 Å². The molecule has 20 heavy (non-hydrogen) atoms. The van der Waals surface area contributed by atoms with Crippen LogP contribution in [0.5, 0.6) is 0 Å². The summed E-state index contributed by atoms with van der Waals surface area (Å²) in [5.74, 6) is 0. The van der Waals surface area contributed by atoms with E-state index in [1.54, 1.807) is 17.5 Å². The smallest absolute Gasteiger partial charge is 0.186 e. The van der Waals surface area contributed by atoms with Crippen molar-refractivity contribution in [2.75, 3.05) is 11.9 Å². The zero-order valence-electron chi connectivity index (χ0n) is 11.7. The van der Waals surface area contributed by atoms with E-state index in [0.717, 1.165) is 23.6 Å². The molecule has 0 N–H and O–H groups in total. The van der Waals surface area contributed by atoms with Crippen molar-refractivity contribution in [2.24, 2.45) is 0 Å². The van der Waals surface area contributed by atoms with Crippen LogP contribution in [0.1, 0.15) is 18.1 Å². The highest BCUT2D eigenvalue weighted by molar-refractivity contribution is 7.22. The van der Waals surface area contributed by atoms with E-state index in [9.17, 15) is 0 Å². The van der Waals surface area contributed by atoms with E-state index >= 15 is 0 Å². The predicted octanol–water partition coefficient (Wildman–Crippen LogP) is 3.89. The zero-order valence-corrected chi connectivity index (χ0v) is 12.5. The monoisotopic (exact) mass is 283 g/mol. The first-order chi connectivity index (χ1) is 9.76. The number of thiazole rings is 1. The summed E-state index contributed by atoms with van der Waals surface area (Å²) in [7, 11) is 2.07. The summed E-state index contributed by atoms with van der Waals surface area (Å²) in [4.78, 5) is 11.0. The Bertz CT molecular complexity index is 706. The fraction of sp³-hybridized carbons (Fsp3) is 0.250. The van der Waals surface area contributed by atoms with Gasteiger partial charge in [0.1, 0.15) is 0 Å². The molecule has 2 aromatic heterocycles. The summed E-state index contributed by atoms with van der Waals surface area (Å²) in [6, 6.07) is 10.6. The van der Waals surface area contributed by atoms with E-state index in [1.807, 2.05) is 12.3 Å². The molecule has 0 unspecified atom stereocenters. The lowest BCUT2D eigenvalue weighted by Crippen LogP contribution is -2.15. The lowest BCUT2D eigenvalue weighted by molar-refractivity contribution is 0.910. The van der Waals surface area contributed by atoms with Crippen molar-refractivity contribution in [1.82, 2.24) is 9.97 Å². The van der Waals surface area contributed by atoms with Crippen molar-refractivity contribution in [3.8, 4) is 0 Å². The van der Waals surface area contributed by atoms with Crippen LogP contribution in [0.25, 0.3) is 10.2 Å². The summed E-state index contributed by atoms with van der Waals surface area (Å²) in [6.45, 7) is 3.01. The van der Waals surface area contributed by atoms with Crippen LogP contribution < -0.4 is 4.90 Å². The van der Waals surface area contributed by atoms with Crippen molar-refractivity contribution in [3.63, 3.8) is 0 Å². The Hall–Kier alpha value is -1.94. The first-order valence-corrected chi connectivity index (χ1v) is 7.57. The van der Waals surface area contributed by atoms with Crippen LogP contribution >= 0.6 is 11.3 Å². The number of aromatic nitrogens is 2. The largest absolute Gasteiger partial charge is 0.347 e. The van der Waals surface area contributed by atoms with Crippen LogP contribution in [0.3, 0.4) is 0 Å².